The summed E-state index contributed by atoms with van der Waals surface area (Å²) in [4.78, 5) is 17.4. The SMILES string of the molecule is CC(c1ccc(Cl)cc1Cl)N(C)C(=O)c1cccc(F)n1. The van der Waals surface area contributed by atoms with Crippen LogP contribution in [0.3, 0.4) is 0 Å². The number of rotatable bonds is 3. The monoisotopic (exact) mass is 326 g/mol. The van der Waals surface area contributed by atoms with E-state index in [2.05, 4.69) is 4.98 Å². The molecule has 1 aromatic heterocycles. The van der Waals surface area contributed by atoms with Crippen LogP contribution in [0.2, 0.25) is 10.0 Å². The fourth-order valence-corrected chi connectivity index (χ4v) is 2.50. The van der Waals surface area contributed by atoms with Gasteiger partial charge in [-0.25, -0.2) is 4.98 Å². The Balaban J connectivity index is 2.26. The molecule has 0 fully saturated rings. The van der Waals surface area contributed by atoms with Gasteiger partial charge in [-0.2, -0.15) is 4.39 Å². The van der Waals surface area contributed by atoms with E-state index in [-0.39, 0.29) is 17.6 Å². The molecule has 0 spiro atoms. The zero-order valence-corrected chi connectivity index (χ0v) is 13.0. The van der Waals surface area contributed by atoms with Crippen LogP contribution in [-0.2, 0) is 0 Å². The normalized spacial score (nSPS) is 12.0. The molecule has 0 aliphatic rings. The van der Waals surface area contributed by atoms with E-state index in [0.717, 1.165) is 5.56 Å². The Morgan fingerprint density at radius 2 is 2.00 bits per heavy atom. The van der Waals surface area contributed by atoms with Gasteiger partial charge < -0.3 is 4.90 Å². The van der Waals surface area contributed by atoms with Crippen LogP contribution in [0.25, 0.3) is 0 Å². The van der Waals surface area contributed by atoms with Gasteiger partial charge >= 0.3 is 0 Å². The van der Waals surface area contributed by atoms with Crippen molar-refractivity contribution in [3.05, 3.63) is 63.6 Å². The average Bonchev–Trinajstić information content (AvgIpc) is 2.45. The molecule has 1 unspecified atom stereocenters. The first-order valence-corrected chi connectivity index (χ1v) is 7.00. The van der Waals surface area contributed by atoms with Crippen LogP contribution in [0.5, 0.6) is 0 Å². The molecule has 1 aromatic carbocycles. The molecular weight excluding hydrogens is 314 g/mol. The molecular formula is C15H13Cl2FN2O. The van der Waals surface area contributed by atoms with Crippen LogP contribution in [-0.4, -0.2) is 22.8 Å². The number of aromatic nitrogens is 1. The molecule has 3 nitrogen and oxygen atoms in total. The largest absolute Gasteiger partial charge is 0.334 e. The van der Waals surface area contributed by atoms with Crippen molar-refractivity contribution >= 4 is 29.1 Å². The molecule has 0 saturated carbocycles. The molecule has 1 amide bonds. The van der Waals surface area contributed by atoms with Crippen molar-refractivity contribution in [2.75, 3.05) is 7.05 Å². The van der Waals surface area contributed by atoms with E-state index >= 15 is 0 Å². The van der Waals surface area contributed by atoms with Gasteiger partial charge in [0.15, 0.2) is 0 Å². The molecule has 0 N–H and O–H groups in total. The summed E-state index contributed by atoms with van der Waals surface area (Å²) in [6.45, 7) is 1.83. The Morgan fingerprint density at radius 3 is 2.62 bits per heavy atom. The standard InChI is InChI=1S/C15H13Cl2FN2O/c1-9(11-7-6-10(16)8-12(11)17)20(2)15(21)13-4-3-5-14(18)19-13/h3-9H,1-2H3. The quantitative estimate of drug-likeness (QED) is 0.785. The minimum atomic E-state index is -0.688. The summed E-state index contributed by atoms with van der Waals surface area (Å²) >= 11 is 12.0. The highest BCUT2D eigenvalue weighted by molar-refractivity contribution is 6.35. The summed E-state index contributed by atoms with van der Waals surface area (Å²) < 4.78 is 13.1. The third kappa shape index (κ3) is 3.52. The minimum Gasteiger partial charge on any atom is -0.334 e. The predicted octanol–water partition coefficient (Wildman–Crippen LogP) is 4.36. The van der Waals surface area contributed by atoms with Gasteiger partial charge in [0.25, 0.3) is 5.91 Å². The maximum Gasteiger partial charge on any atom is 0.272 e. The predicted molar refractivity (Wildman–Crippen MR) is 81.2 cm³/mol. The van der Waals surface area contributed by atoms with Crippen molar-refractivity contribution in [1.82, 2.24) is 9.88 Å². The first-order valence-electron chi connectivity index (χ1n) is 6.25. The third-order valence-electron chi connectivity index (χ3n) is 3.25. The average molecular weight is 327 g/mol. The molecule has 0 aliphatic carbocycles. The first kappa shape index (κ1) is 15.7. The smallest absolute Gasteiger partial charge is 0.272 e. The maximum absolute atomic E-state index is 13.1. The molecule has 0 saturated heterocycles. The van der Waals surface area contributed by atoms with Crippen LogP contribution in [0, 0.1) is 5.95 Å². The number of halogens is 3. The van der Waals surface area contributed by atoms with Gasteiger partial charge in [0, 0.05) is 17.1 Å². The summed E-state index contributed by atoms with van der Waals surface area (Å²) in [6, 6.07) is 8.90. The molecule has 0 bridgehead atoms. The zero-order valence-electron chi connectivity index (χ0n) is 11.5. The molecule has 21 heavy (non-hydrogen) atoms. The zero-order chi connectivity index (χ0) is 15.6. The van der Waals surface area contributed by atoms with E-state index in [1.165, 1.54) is 23.1 Å². The van der Waals surface area contributed by atoms with E-state index in [9.17, 15) is 9.18 Å². The minimum absolute atomic E-state index is 0.0504. The summed E-state index contributed by atoms with van der Waals surface area (Å²) in [7, 11) is 1.62. The second-order valence-electron chi connectivity index (χ2n) is 4.60. The second kappa shape index (κ2) is 6.41. The van der Waals surface area contributed by atoms with Gasteiger partial charge in [-0.15, -0.1) is 0 Å². The number of hydrogen-bond acceptors (Lipinski definition) is 2. The van der Waals surface area contributed by atoms with Gasteiger partial charge in [-0.3, -0.25) is 4.79 Å². The highest BCUT2D eigenvalue weighted by atomic mass is 35.5. The van der Waals surface area contributed by atoms with Gasteiger partial charge in [-0.05, 0) is 36.8 Å². The van der Waals surface area contributed by atoms with E-state index in [4.69, 9.17) is 23.2 Å². The molecule has 6 heteroatoms. The van der Waals surface area contributed by atoms with E-state index in [1.807, 2.05) is 6.92 Å². The van der Waals surface area contributed by atoms with Crippen LogP contribution in [0.15, 0.2) is 36.4 Å². The topological polar surface area (TPSA) is 33.2 Å². The Bertz CT molecular complexity index is 678. The lowest BCUT2D eigenvalue weighted by Crippen LogP contribution is -2.30. The second-order valence-corrected chi connectivity index (χ2v) is 5.45. The fourth-order valence-electron chi connectivity index (χ4n) is 1.93. The Hall–Kier alpha value is -1.65. The number of hydrogen-bond donors (Lipinski definition) is 0. The first-order chi connectivity index (χ1) is 9.90. The third-order valence-corrected chi connectivity index (χ3v) is 3.81. The summed E-state index contributed by atoms with van der Waals surface area (Å²) in [5.74, 6) is -1.07. The van der Waals surface area contributed by atoms with Crippen LogP contribution in [0.4, 0.5) is 4.39 Å². The van der Waals surface area contributed by atoms with Crippen LogP contribution < -0.4 is 0 Å². The lowest BCUT2D eigenvalue weighted by Gasteiger charge is -2.25. The van der Waals surface area contributed by atoms with Gasteiger partial charge in [0.1, 0.15) is 5.69 Å². The molecule has 1 heterocycles. The Kier molecular flexibility index (Phi) is 4.80. The van der Waals surface area contributed by atoms with Gasteiger partial charge in [0.2, 0.25) is 5.95 Å². The van der Waals surface area contributed by atoms with Crippen molar-refractivity contribution in [2.24, 2.45) is 0 Å². The number of carbonyl (C=O) groups excluding carboxylic acids is 1. The lowest BCUT2D eigenvalue weighted by molar-refractivity contribution is 0.0735. The van der Waals surface area contributed by atoms with Crippen LogP contribution >= 0.6 is 23.2 Å². The summed E-state index contributed by atoms with van der Waals surface area (Å²) in [5.41, 5.74) is 0.808. The number of amides is 1. The van der Waals surface area contributed by atoms with Crippen molar-refractivity contribution in [3.63, 3.8) is 0 Å². The number of pyridine rings is 1. The molecule has 1 atom stereocenters. The Labute approximate surface area is 132 Å². The number of carbonyl (C=O) groups is 1. The molecule has 110 valence electrons. The fraction of sp³-hybridized carbons (Fsp3) is 0.200. The maximum atomic E-state index is 13.1. The molecule has 0 aliphatic heterocycles. The van der Waals surface area contributed by atoms with Gasteiger partial charge in [-0.1, -0.05) is 35.3 Å². The summed E-state index contributed by atoms with van der Waals surface area (Å²) in [5, 5.41) is 0.999. The van der Waals surface area contributed by atoms with E-state index in [0.29, 0.717) is 10.0 Å². The van der Waals surface area contributed by atoms with Gasteiger partial charge in [0.05, 0.1) is 6.04 Å². The highest BCUT2D eigenvalue weighted by Gasteiger charge is 2.22. The Morgan fingerprint density at radius 1 is 1.29 bits per heavy atom. The molecule has 2 aromatic rings. The van der Waals surface area contributed by atoms with Crippen molar-refractivity contribution in [2.45, 2.75) is 13.0 Å². The van der Waals surface area contributed by atoms with Crippen LogP contribution in [0.1, 0.15) is 29.0 Å². The lowest BCUT2D eigenvalue weighted by atomic mass is 10.1. The van der Waals surface area contributed by atoms with Crippen molar-refractivity contribution < 1.29 is 9.18 Å². The van der Waals surface area contributed by atoms with Crippen molar-refractivity contribution in [1.29, 1.82) is 0 Å². The number of nitrogens with zero attached hydrogens (tertiary/aromatic N) is 2. The summed E-state index contributed by atoms with van der Waals surface area (Å²) in [6.07, 6.45) is 0. The molecule has 0 radical (unpaired) electrons. The highest BCUT2D eigenvalue weighted by Crippen LogP contribution is 2.29. The number of benzene rings is 1. The van der Waals surface area contributed by atoms with E-state index < -0.39 is 5.95 Å². The van der Waals surface area contributed by atoms with Crippen molar-refractivity contribution in [3.8, 4) is 0 Å². The molecule has 2 rings (SSSR count). The van der Waals surface area contributed by atoms with E-state index in [1.54, 1.807) is 25.2 Å².